The van der Waals surface area contributed by atoms with E-state index in [4.69, 9.17) is 4.74 Å². The third-order valence-corrected chi connectivity index (χ3v) is 6.93. The van der Waals surface area contributed by atoms with E-state index in [9.17, 15) is 24.0 Å². The van der Waals surface area contributed by atoms with Crippen LogP contribution in [0.4, 0.5) is 4.79 Å². The zero-order valence-corrected chi connectivity index (χ0v) is 23.9. The predicted molar refractivity (Wildman–Crippen MR) is 153 cm³/mol. The Labute approximate surface area is 241 Å². The molecule has 3 rings (SSSR count). The van der Waals surface area contributed by atoms with E-state index < -0.39 is 36.0 Å². The molecular formula is C31H40N4O6. The molecule has 1 saturated heterocycles. The minimum Gasteiger partial charge on any atom is -0.445 e. The van der Waals surface area contributed by atoms with Gasteiger partial charge >= 0.3 is 6.09 Å². The fourth-order valence-electron chi connectivity index (χ4n) is 4.69. The summed E-state index contributed by atoms with van der Waals surface area (Å²) in [6, 6.07) is 15.5. The number of ether oxygens (including phenoxy) is 1. The van der Waals surface area contributed by atoms with Crippen molar-refractivity contribution in [3.63, 3.8) is 0 Å². The summed E-state index contributed by atoms with van der Waals surface area (Å²) < 4.78 is 5.31. The van der Waals surface area contributed by atoms with Gasteiger partial charge in [0.2, 0.25) is 17.7 Å². The highest BCUT2D eigenvalue weighted by molar-refractivity contribution is 5.94. The average molecular weight is 565 g/mol. The van der Waals surface area contributed by atoms with Crippen LogP contribution in [0.25, 0.3) is 0 Å². The van der Waals surface area contributed by atoms with Gasteiger partial charge in [-0.1, -0.05) is 74.5 Å². The van der Waals surface area contributed by atoms with Gasteiger partial charge in [-0.3, -0.25) is 19.2 Å². The van der Waals surface area contributed by atoms with Crippen LogP contribution in [-0.2, 0) is 36.9 Å². The summed E-state index contributed by atoms with van der Waals surface area (Å²) >= 11 is 0. The van der Waals surface area contributed by atoms with E-state index in [1.54, 1.807) is 0 Å². The molecular weight excluding hydrogens is 524 g/mol. The van der Waals surface area contributed by atoms with Crippen LogP contribution in [0.1, 0.15) is 51.2 Å². The molecule has 0 radical (unpaired) electrons. The smallest absolute Gasteiger partial charge is 0.408 e. The van der Waals surface area contributed by atoms with Crippen LogP contribution in [0.3, 0.4) is 0 Å². The number of alkyl carbamates (subject to hydrolysis) is 1. The lowest BCUT2D eigenvalue weighted by Gasteiger charge is -2.26. The zero-order chi connectivity index (χ0) is 29.8. The van der Waals surface area contributed by atoms with Crippen LogP contribution in [-0.4, -0.2) is 54.3 Å². The maximum Gasteiger partial charge on any atom is 0.408 e. The van der Waals surface area contributed by atoms with E-state index in [0.717, 1.165) is 11.1 Å². The quantitative estimate of drug-likeness (QED) is 0.278. The van der Waals surface area contributed by atoms with Gasteiger partial charge in [-0.25, -0.2) is 4.79 Å². The highest BCUT2D eigenvalue weighted by atomic mass is 16.5. The molecule has 0 aromatic heterocycles. The average Bonchev–Trinajstić information content (AvgIpc) is 3.35. The Bertz CT molecular complexity index is 1190. The third kappa shape index (κ3) is 10.4. The number of carbonyl (C=O) groups is 5. The molecule has 0 spiro atoms. The monoisotopic (exact) mass is 564 g/mol. The molecule has 1 aliphatic rings. The van der Waals surface area contributed by atoms with Gasteiger partial charge in [0.1, 0.15) is 18.7 Å². The molecule has 0 aliphatic carbocycles. The standard InChI is InChI=1S/C31H40N4O6/c1-20(2)16-26(35-31(40)41-19-23-12-8-5-9-13-23)29(38)34-27(17-22-10-6-4-7-11-22)30(39)33-25(21(3)36)18-24-14-15-32-28(24)37/h4-13,20,24-27H,14-19H2,1-3H3,(H,32,37)(H,33,39)(H,34,38)(H,35,40)/t24-,25-,26-,27-/m0/s1. The van der Waals surface area contributed by atoms with Crippen molar-refractivity contribution in [1.29, 1.82) is 0 Å². The Morgan fingerprint density at radius 3 is 2.00 bits per heavy atom. The summed E-state index contributed by atoms with van der Waals surface area (Å²) in [6.07, 6.45) is 0.513. The van der Waals surface area contributed by atoms with E-state index >= 15 is 0 Å². The maximum atomic E-state index is 13.5. The van der Waals surface area contributed by atoms with Gasteiger partial charge in [-0.2, -0.15) is 0 Å². The van der Waals surface area contributed by atoms with Crippen molar-refractivity contribution in [2.45, 2.75) is 71.2 Å². The number of hydrogen-bond acceptors (Lipinski definition) is 6. The van der Waals surface area contributed by atoms with Crippen molar-refractivity contribution in [1.82, 2.24) is 21.3 Å². The van der Waals surface area contributed by atoms with E-state index in [1.165, 1.54) is 6.92 Å². The Morgan fingerprint density at radius 1 is 0.854 bits per heavy atom. The van der Waals surface area contributed by atoms with Crippen molar-refractivity contribution in [2.24, 2.45) is 11.8 Å². The second kappa shape index (κ2) is 15.5. The SMILES string of the molecule is CC(=O)[C@H](C[C@@H]1CCNC1=O)NC(=O)[C@H](Cc1ccccc1)NC(=O)[C@H](CC(C)C)NC(=O)OCc1ccccc1. The molecule has 4 N–H and O–H groups in total. The number of rotatable bonds is 14. The summed E-state index contributed by atoms with van der Waals surface area (Å²) in [4.78, 5) is 64.0. The summed E-state index contributed by atoms with van der Waals surface area (Å²) in [5.74, 6) is -1.81. The highest BCUT2D eigenvalue weighted by Gasteiger charge is 2.33. The Balaban J connectivity index is 1.71. The molecule has 10 heteroatoms. The molecule has 1 aliphatic heterocycles. The van der Waals surface area contributed by atoms with Gasteiger partial charge < -0.3 is 26.0 Å². The summed E-state index contributed by atoms with van der Waals surface area (Å²) in [6.45, 7) is 5.79. The molecule has 0 saturated carbocycles. The first-order valence-corrected chi connectivity index (χ1v) is 14.0. The minimum atomic E-state index is -1.03. The molecule has 10 nitrogen and oxygen atoms in total. The zero-order valence-electron chi connectivity index (χ0n) is 23.9. The molecule has 2 aromatic carbocycles. The van der Waals surface area contributed by atoms with Gasteiger partial charge in [0.25, 0.3) is 0 Å². The van der Waals surface area contributed by atoms with Crippen LogP contribution in [0, 0.1) is 11.8 Å². The molecule has 1 heterocycles. The van der Waals surface area contributed by atoms with Crippen molar-refractivity contribution in [3.8, 4) is 0 Å². The number of benzene rings is 2. The fraction of sp³-hybridized carbons (Fsp3) is 0.452. The lowest BCUT2D eigenvalue weighted by atomic mass is 9.95. The Kier molecular flexibility index (Phi) is 11.9. The highest BCUT2D eigenvalue weighted by Crippen LogP contribution is 2.17. The summed E-state index contributed by atoms with van der Waals surface area (Å²) in [5, 5.41) is 10.9. The van der Waals surface area contributed by atoms with Gasteiger partial charge in [0, 0.05) is 18.9 Å². The molecule has 4 amide bonds. The first-order chi connectivity index (χ1) is 19.6. The number of Topliss-reactive ketones (excluding diaryl/α,β-unsaturated/α-hetero) is 1. The summed E-state index contributed by atoms with van der Waals surface area (Å²) in [5.41, 5.74) is 1.61. The van der Waals surface area contributed by atoms with Crippen LogP contribution >= 0.6 is 0 Å². The molecule has 4 atom stereocenters. The minimum absolute atomic E-state index is 0.0488. The lowest BCUT2D eigenvalue weighted by molar-refractivity contribution is -0.132. The number of amides is 4. The predicted octanol–water partition coefficient (Wildman–Crippen LogP) is 2.66. The van der Waals surface area contributed by atoms with E-state index in [2.05, 4.69) is 21.3 Å². The molecule has 0 unspecified atom stereocenters. The fourth-order valence-corrected chi connectivity index (χ4v) is 4.69. The maximum absolute atomic E-state index is 13.5. The molecule has 220 valence electrons. The molecule has 41 heavy (non-hydrogen) atoms. The largest absolute Gasteiger partial charge is 0.445 e. The van der Waals surface area contributed by atoms with Gasteiger partial charge in [0.05, 0.1) is 6.04 Å². The second-order valence-corrected chi connectivity index (χ2v) is 10.8. The number of carbonyl (C=O) groups excluding carboxylic acids is 5. The van der Waals surface area contributed by atoms with Crippen LogP contribution in [0.5, 0.6) is 0 Å². The number of nitrogens with one attached hydrogen (secondary N) is 4. The van der Waals surface area contributed by atoms with Gasteiger partial charge in [-0.05, 0) is 43.2 Å². The van der Waals surface area contributed by atoms with Gasteiger partial charge in [0.15, 0.2) is 5.78 Å². The van der Waals surface area contributed by atoms with E-state index in [-0.39, 0.29) is 43.0 Å². The van der Waals surface area contributed by atoms with E-state index in [1.807, 2.05) is 74.5 Å². The van der Waals surface area contributed by atoms with Gasteiger partial charge in [-0.15, -0.1) is 0 Å². The van der Waals surface area contributed by atoms with Crippen LogP contribution in [0.15, 0.2) is 60.7 Å². The first kappa shape index (κ1) is 31.3. The normalized spacial score (nSPS) is 16.7. The van der Waals surface area contributed by atoms with Crippen LogP contribution < -0.4 is 21.3 Å². The molecule has 0 bridgehead atoms. The Hall–Kier alpha value is -4.21. The van der Waals surface area contributed by atoms with Crippen molar-refractivity contribution < 1.29 is 28.7 Å². The second-order valence-electron chi connectivity index (χ2n) is 10.8. The van der Waals surface area contributed by atoms with Crippen molar-refractivity contribution in [3.05, 3.63) is 71.8 Å². The molecule has 2 aromatic rings. The van der Waals surface area contributed by atoms with Crippen LogP contribution in [0.2, 0.25) is 0 Å². The molecule has 1 fully saturated rings. The topological polar surface area (TPSA) is 143 Å². The summed E-state index contributed by atoms with van der Waals surface area (Å²) in [7, 11) is 0. The lowest BCUT2D eigenvalue weighted by Crippen LogP contribution is -2.56. The van der Waals surface area contributed by atoms with E-state index in [0.29, 0.717) is 19.4 Å². The van der Waals surface area contributed by atoms with Crippen molar-refractivity contribution >= 4 is 29.6 Å². The Morgan fingerprint density at radius 2 is 1.44 bits per heavy atom. The van der Waals surface area contributed by atoms with Crippen molar-refractivity contribution in [2.75, 3.05) is 6.54 Å². The number of hydrogen-bond donors (Lipinski definition) is 4. The first-order valence-electron chi connectivity index (χ1n) is 14.0. The third-order valence-electron chi connectivity index (χ3n) is 6.93. The number of ketones is 1.